The first-order valence-corrected chi connectivity index (χ1v) is 6.36. The van der Waals surface area contributed by atoms with Crippen molar-refractivity contribution >= 4 is 11.6 Å². The van der Waals surface area contributed by atoms with Crippen LogP contribution >= 0.6 is 0 Å². The standard InChI is InChI=1S/C16H15F2NO/c1-3-19(13-7-5-12(17)6-8-13)16(20)14-9-4-11(2)10-15(14)18/h4-10H,3H2,1-2H3. The maximum absolute atomic E-state index is 13.9. The molecule has 0 saturated carbocycles. The molecule has 0 bridgehead atoms. The average Bonchev–Trinajstić information content (AvgIpc) is 2.41. The number of carbonyl (C=O) groups excluding carboxylic acids is 1. The molecule has 2 nitrogen and oxygen atoms in total. The molecule has 0 aromatic heterocycles. The highest BCUT2D eigenvalue weighted by molar-refractivity contribution is 6.06. The third kappa shape index (κ3) is 2.85. The van der Waals surface area contributed by atoms with Crippen LogP contribution < -0.4 is 4.90 Å². The van der Waals surface area contributed by atoms with Gasteiger partial charge in [-0.25, -0.2) is 8.78 Å². The molecule has 4 heteroatoms. The van der Waals surface area contributed by atoms with Gasteiger partial charge in [0.25, 0.3) is 5.91 Å². The van der Waals surface area contributed by atoms with Crippen LogP contribution in [0.15, 0.2) is 42.5 Å². The molecule has 0 spiro atoms. The number of halogens is 2. The molecule has 2 aromatic rings. The fraction of sp³-hybridized carbons (Fsp3) is 0.188. The first-order valence-electron chi connectivity index (χ1n) is 6.36. The third-order valence-corrected chi connectivity index (χ3v) is 3.05. The zero-order chi connectivity index (χ0) is 14.7. The number of aryl methyl sites for hydroxylation is 1. The lowest BCUT2D eigenvalue weighted by Crippen LogP contribution is -2.31. The summed E-state index contributed by atoms with van der Waals surface area (Å²) in [5, 5.41) is 0. The van der Waals surface area contributed by atoms with Crippen LogP contribution in [0.5, 0.6) is 0 Å². The zero-order valence-corrected chi connectivity index (χ0v) is 11.4. The van der Waals surface area contributed by atoms with Gasteiger partial charge in [0.1, 0.15) is 11.6 Å². The van der Waals surface area contributed by atoms with E-state index < -0.39 is 11.7 Å². The number of benzene rings is 2. The molecule has 0 aliphatic rings. The summed E-state index contributed by atoms with van der Waals surface area (Å²) in [5.41, 5.74) is 1.31. The molecule has 2 rings (SSSR count). The quantitative estimate of drug-likeness (QED) is 0.830. The SMILES string of the molecule is CCN(C(=O)c1ccc(C)cc1F)c1ccc(F)cc1. The highest BCUT2D eigenvalue weighted by Gasteiger charge is 2.19. The monoisotopic (exact) mass is 275 g/mol. The first kappa shape index (κ1) is 14.2. The van der Waals surface area contributed by atoms with Crippen molar-refractivity contribution in [3.63, 3.8) is 0 Å². The van der Waals surface area contributed by atoms with Crippen molar-refractivity contribution in [3.8, 4) is 0 Å². The van der Waals surface area contributed by atoms with Crippen LogP contribution in [0.25, 0.3) is 0 Å². The third-order valence-electron chi connectivity index (χ3n) is 3.05. The van der Waals surface area contributed by atoms with Gasteiger partial charge in [-0.3, -0.25) is 4.79 Å². The molecule has 0 heterocycles. The van der Waals surface area contributed by atoms with Gasteiger partial charge in [-0.05, 0) is 55.8 Å². The van der Waals surface area contributed by atoms with E-state index in [2.05, 4.69) is 0 Å². The molecule has 0 atom stereocenters. The van der Waals surface area contributed by atoms with E-state index in [4.69, 9.17) is 0 Å². The highest BCUT2D eigenvalue weighted by atomic mass is 19.1. The number of anilines is 1. The van der Waals surface area contributed by atoms with Crippen LogP contribution in [-0.2, 0) is 0 Å². The van der Waals surface area contributed by atoms with Crippen LogP contribution in [-0.4, -0.2) is 12.5 Å². The molecule has 0 radical (unpaired) electrons. The van der Waals surface area contributed by atoms with Crippen LogP contribution in [0.1, 0.15) is 22.8 Å². The minimum atomic E-state index is -0.546. The average molecular weight is 275 g/mol. The second kappa shape index (κ2) is 5.82. The maximum atomic E-state index is 13.9. The summed E-state index contributed by atoms with van der Waals surface area (Å²) in [5.74, 6) is -1.36. The Kier molecular flexibility index (Phi) is 4.13. The molecule has 0 saturated heterocycles. The predicted octanol–water partition coefficient (Wildman–Crippen LogP) is 3.94. The van der Waals surface area contributed by atoms with E-state index in [-0.39, 0.29) is 11.4 Å². The molecular formula is C16H15F2NO. The Morgan fingerprint density at radius 3 is 2.30 bits per heavy atom. The minimum Gasteiger partial charge on any atom is -0.309 e. The molecule has 0 aliphatic carbocycles. The van der Waals surface area contributed by atoms with Gasteiger partial charge in [0.2, 0.25) is 0 Å². The smallest absolute Gasteiger partial charge is 0.261 e. The summed E-state index contributed by atoms with van der Waals surface area (Å²) >= 11 is 0. The maximum Gasteiger partial charge on any atom is 0.261 e. The highest BCUT2D eigenvalue weighted by Crippen LogP contribution is 2.19. The van der Waals surface area contributed by atoms with E-state index in [9.17, 15) is 13.6 Å². The van der Waals surface area contributed by atoms with Gasteiger partial charge in [-0.15, -0.1) is 0 Å². The lowest BCUT2D eigenvalue weighted by atomic mass is 10.1. The summed E-state index contributed by atoms with van der Waals surface area (Å²) in [6.45, 7) is 3.92. The van der Waals surface area contributed by atoms with E-state index in [1.54, 1.807) is 19.9 Å². The fourth-order valence-corrected chi connectivity index (χ4v) is 2.00. The number of amides is 1. The Labute approximate surface area is 116 Å². The number of hydrogen-bond acceptors (Lipinski definition) is 1. The molecule has 0 fully saturated rings. The zero-order valence-electron chi connectivity index (χ0n) is 11.4. The normalized spacial score (nSPS) is 10.4. The second-order valence-corrected chi connectivity index (χ2v) is 4.51. The Morgan fingerprint density at radius 1 is 1.10 bits per heavy atom. The van der Waals surface area contributed by atoms with Crippen molar-refractivity contribution in [2.75, 3.05) is 11.4 Å². The Balaban J connectivity index is 2.36. The van der Waals surface area contributed by atoms with Crippen LogP contribution in [0.2, 0.25) is 0 Å². The number of rotatable bonds is 3. The molecular weight excluding hydrogens is 260 g/mol. The number of carbonyl (C=O) groups is 1. The fourth-order valence-electron chi connectivity index (χ4n) is 2.00. The Bertz CT molecular complexity index is 623. The summed E-state index contributed by atoms with van der Waals surface area (Å²) < 4.78 is 26.8. The van der Waals surface area contributed by atoms with E-state index in [1.807, 2.05) is 0 Å². The number of nitrogens with zero attached hydrogens (tertiary/aromatic N) is 1. The van der Waals surface area contributed by atoms with Gasteiger partial charge in [0.05, 0.1) is 5.56 Å². The molecule has 104 valence electrons. The molecule has 0 N–H and O–H groups in total. The van der Waals surface area contributed by atoms with Gasteiger partial charge >= 0.3 is 0 Å². The largest absolute Gasteiger partial charge is 0.309 e. The second-order valence-electron chi connectivity index (χ2n) is 4.51. The molecule has 1 amide bonds. The van der Waals surface area contributed by atoms with Gasteiger partial charge in [0.15, 0.2) is 0 Å². The minimum absolute atomic E-state index is 0.0155. The molecule has 20 heavy (non-hydrogen) atoms. The first-order chi connectivity index (χ1) is 9.52. The topological polar surface area (TPSA) is 20.3 Å². The van der Waals surface area contributed by atoms with E-state index in [0.29, 0.717) is 12.2 Å². The van der Waals surface area contributed by atoms with Crippen molar-refractivity contribution in [1.82, 2.24) is 0 Å². The van der Waals surface area contributed by atoms with E-state index in [0.717, 1.165) is 5.56 Å². The van der Waals surface area contributed by atoms with Crippen LogP contribution in [0.3, 0.4) is 0 Å². The van der Waals surface area contributed by atoms with E-state index >= 15 is 0 Å². The Hall–Kier alpha value is -2.23. The summed E-state index contributed by atoms with van der Waals surface area (Å²) in [6, 6.07) is 10.0. The molecule has 2 aromatic carbocycles. The molecule has 0 aliphatic heterocycles. The lowest BCUT2D eigenvalue weighted by Gasteiger charge is -2.21. The van der Waals surface area contributed by atoms with Crippen molar-refractivity contribution < 1.29 is 13.6 Å². The van der Waals surface area contributed by atoms with Crippen LogP contribution in [0.4, 0.5) is 14.5 Å². The summed E-state index contributed by atoms with van der Waals surface area (Å²) in [6.07, 6.45) is 0. The predicted molar refractivity (Wildman–Crippen MR) is 74.9 cm³/mol. The van der Waals surface area contributed by atoms with Crippen LogP contribution in [0, 0.1) is 18.6 Å². The van der Waals surface area contributed by atoms with Gasteiger partial charge in [-0.2, -0.15) is 0 Å². The van der Waals surface area contributed by atoms with Crippen molar-refractivity contribution in [3.05, 3.63) is 65.2 Å². The van der Waals surface area contributed by atoms with Crippen molar-refractivity contribution in [1.29, 1.82) is 0 Å². The Morgan fingerprint density at radius 2 is 1.75 bits per heavy atom. The van der Waals surface area contributed by atoms with Gasteiger partial charge in [-0.1, -0.05) is 6.07 Å². The van der Waals surface area contributed by atoms with Gasteiger partial charge < -0.3 is 4.90 Å². The summed E-state index contributed by atoms with van der Waals surface area (Å²) in [7, 11) is 0. The van der Waals surface area contributed by atoms with Crippen molar-refractivity contribution in [2.24, 2.45) is 0 Å². The lowest BCUT2D eigenvalue weighted by molar-refractivity contribution is 0.0984. The number of hydrogen-bond donors (Lipinski definition) is 0. The van der Waals surface area contributed by atoms with E-state index in [1.165, 1.54) is 41.3 Å². The van der Waals surface area contributed by atoms with Gasteiger partial charge in [0, 0.05) is 12.2 Å². The molecule has 0 unspecified atom stereocenters. The summed E-state index contributed by atoms with van der Waals surface area (Å²) in [4.78, 5) is 13.8. The van der Waals surface area contributed by atoms with Crippen molar-refractivity contribution in [2.45, 2.75) is 13.8 Å².